The molecule has 0 atom stereocenters. The van der Waals surface area contributed by atoms with E-state index in [1.54, 1.807) is 33.6 Å². The Labute approximate surface area is 195 Å². The van der Waals surface area contributed by atoms with Crippen molar-refractivity contribution < 1.29 is 13.2 Å². The summed E-state index contributed by atoms with van der Waals surface area (Å²) in [5.74, 6) is -0.214. The normalized spacial score (nSPS) is 15.1. The summed E-state index contributed by atoms with van der Waals surface area (Å²) in [7, 11) is -3.74. The van der Waals surface area contributed by atoms with Crippen molar-refractivity contribution in [1.29, 1.82) is 0 Å². The van der Waals surface area contributed by atoms with Crippen LogP contribution in [0.5, 0.6) is 0 Å². The zero-order valence-electron chi connectivity index (χ0n) is 16.9. The van der Waals surface area contributed by atoms with Crippen molar-refractivity contribution in [2.45, 2.75) is 37.2 Å². The Hall–Kier alpha value is -1.71. The van der Waals surface area contributed by atoms with Crippen LogP contribution in [0.2, 0.25) is 5.02 Å². The molecular weight excluding hydrogens is 472 g/mol. The lowest BCUT2D eigenvalue weighted by molar-refractivity contribution is 0.0733. The van der Waals surface area contributed by atoms with Gasteiger partial charge in [-0.1, -0.05) is 30.2 Å². The minimum atomic E-state index is -3.74. The summed E-state index contributed by atoms with van der Waals surface area (Å²) in [6.07, 6.45) is 2.70. The lowest BCUT2D eigenvalue weighted by atomic mass is 10.2. The van der Waals surface area contributed by atoms with Gasteiger partial charge in [-0.05, 0) is 53.9 Å². The van der Waals surface area contributed by atoms with Gasteiger partial charge in [-0.25, -0.2) is 8.42 Å². The summed E-state index contributed by atoms with van der Waals surface area (Å²) < 4.78 is 27.8. The molecule has 0 unspecified atom stereocenters. The van der Waals surface area contributed by atoms with Gasteiger partial charge in [0.15, 0.2) is 0 Å². The van der Waals surface area contributed by atoms with Crippen molar-refractivity contribution in [3.05, 3.63) is 73.6 Å². The molecule has 2 aromatic heterocycles. The van der Waals surface area contributed by atoms with Crippen LogP contribution < -0.4 is 0 Å². The molecule has 5 nitrogen and oxygen atoms in total. The van der Waals surface area contributed by atoms with E-state index in [-0.39, 0.29) is 15.8 Å². The van der Waals surface area contributed by atoms with Crippen LogP contribution in [0.4, 0.5) is 0 Å². The van der Waals surface area contributed by atoms with Gasteiger partial charge in [-0.15, -0.1) is 22.7 Å². The maximum atomic E-state index is 13.4. The number of benzene rings is 1. The number of carbonyl (C=O) groups excluding carboxylic acids is 1. The SMILES string of the molecule is O=C(c1ccc(Cl)c(S(=O)(=O)N2CCCCC2)c1)N(Cc1cccs1)Cc1cccs1. The van der Waals surface area contributed by atoms with E-state index >= 15 is 0 Å². The second-order valence-corrected chi connectivity index (χ2v) is 11.8. The lowest BCUT2D eigenvalue weighted by Gasteiger charge is -2.27. The third-order valence-corrected chi connectivity index (χ3v) is 9.35. The van der Waals surface area contributed by atoms with Gasteiger partial charge in [0, 0.05) is 28.4 Å². The summed E-state index contributed by atoms with van der Waals surface area (Å²) in [5, 5.41) is 4.11. The van der Waals surface area contributed by atoms with E-state index in [1.165, 1.54) is 16.4 Å². The standard InChI is InChI=1S/C22H23ClN2O3S3/c23-20-9-8-17(14-21(20)31(27,28)25-10-2-1-3-11-25)22(26)24(15-18-6-4-12-29-18)16-19-7-5-13-30-19/h4-9,12-14H,1-3,10-11,15-16H2. The predicted molar refractivity (Wildman–Crippen MR) is 126 cm³/mol. The molecule has 0 radical (unpaired) electrons. The first-order valence-electron chi connectivity index (χ1n) is 10.1. The Morgan fingerprint density at radius 2 is 1.58 bits per heavy atom. The Morgan fingerprint density at radius 1 is 0.968 bits per heavy atom. The number of amides is 1. The molecule has 9 heteroatoms. The number of thiophene rings is 2. The van der Waals surface area contributed by atoms with Crippen LogP contribution in [-0.4, -0.2) is 36.6 Å². The molecule has 1 saturated heterocycles. The molecular formula is C22H23ClN2O3S3. The highest BCUT2D eigenvalue weighted by molar-refractivity contribution is 7.89. The van der Waals surface area contributed by atoms with Crippen LogP contribution in [0.3, 0.4) is 0 Å². The highest BCUT2D eigenvalue weighted by Gasteiger charge is 2.29. The van der Waals surface area contributed by atoms with Crippen molar-refractivity contribution in [3.63, 3.8) is 0 Å². The average molecular weight is 495 g/mol. The molecule has 1 aromatic carbocycles. The fraction of sp³-hybridized carbons (Fsp3) is 0.318. The number of hydrogen-bond acceptors (Lipinski definition) is 5. The fourth-order valence-corrected chi connectivity index (χ4v) is 7.10. The molecule has 0 spiro atoms. The van der Waals surface area contributed by atoms with Crippen molar-refractivity contribution >= 4 is 50.2 Å². The number of carbonyl (C=O) groups is 1. The predicted octanol–water partition coefficient (Wildman–Crippen LogP) is 5.48. The molecule has 0 saturated carbocycles. The first-order chi connectivity index (χ1) is 14.9. The third kappa shape index (κ3) is 5.21. The van der Waals surface area contributed by atoms with Gasteiger partial charge in [0.1, 0.15) is 4.90 Å². The molecule has 1 fully saturated rings. The minimum absolute atomic E-state index is 0.00844. The summed E-state index contributed by atoms with van der Waals surface area (Å²) in [4.78, 5) is 17.3. The maximum Gasteiger partial charge on any atom is 0.254 e. The van der Waals surface area contributed by atoms with Crippen LogP contribution in [-0.2, 0) is 23.1 Å². The number of nitrogens with zero attached hydrogens (tertiary/aromatic N) is 2. The second kappa shape index (κ2) is 9.83. The van der Waals surface area contributed by atoms with Crippen LogP contribution >= 0.6 is 34.3 Å². The van der Waals surface area contributed by atoms with Crippen molar-refractivity contribution in [1.82, 2.24) is 9.21 Å². The van der Waals surface area contributed by atoms with E-state index in [0.717, 1.165) is 29.0 Å². The number of piperidine rings is 1. The van der Waals surface area contributed by atoms with E-state index in [9.17, 15) is 13.2 Å². The van der Waals surface area contributed by atoms with E-state index in [2.05, 4.69) is 0 Å². The number of sulfonamides is 1. The van der Waals surface area contributed by atoms with E-state index in [0.29, 0.717) is 31.7 Å². The number of halogens is 1. The summed E-state index contributed by atoms with van der Waals surface area (Å²) in [6.45, 7) is 1.90. The van der Waals surface area contributed by atoms with Crippen molar-refractivity contribution in [2.24, 2.45) is 0 Å². The highest BCUT2D eigenvalue weighted by atomic mass is 35.5. The van der Waals surface area contributed by atoms with Gasteiger partial charge in [-0.2, -0.15) is 4.31 Å². The minimum Gasteiger partial charge on any atom is -0.328 e. The van der Waals surface area contributed by atoms with Crippen LogP contribution in [0.1, 0.15) is 39.4 Å². The van der Waals surface area contributed by atoms with Crippen molar-refractivity contribution in [2.75, 3.05) is 13.1 Å². The zero-order chi connectivity index (χ0) is 21.8. The van der Waals surface area contributed by atoms with Gasteiger partial charge in [0.05, 0.1) is 18.1 Å². The first kappa shape index (κ1) is 22.5. The van der Waals surface area contributed by atoms with E-state index < -0.39 is 10.0 Å². The molecule has 0 bridgehead atoms. The molecule has 1 aliphatic rings. The lowest BCUT2D eigenvalue weighted by Crippen LogP contribution is -2.36. The Balaban J connectivity index is 1.64. The monoisotopic (exact) mass is 494 g/mol. The van der Waals surface area contributed by atoms with Crippen LogP contribution in [0.15, 0.2) is 58.1 Å². The zero-order valence-corrected chi connectivity index (χ0v) is 20.1. The topological polar surface area (TPSA) is 57.7 Å². The molecule has 4 rings (SSSR count). The van der Waals surface area contributed by atoms with E-state index in [1.807, 2.05) is 35.0 Å². The molecule has 1 amide bonds. The smallest absolute Gasteiger partial charge is 0.254 e. The quantitative estimate of drug-likeness (QED) is 0.437. The second-order valence-electron chi connectivity index (χ2n) is 7.43. The molecule has 1 aliphatic heterocycles. The number of hydrogen-bond donors (Lipinski definition) is 0. The maximum absolute atomic E-state index is 13.4. The molecule has 0 N–H and O–H groups in total. The molecule has 164 valence electrons. The first-order valence-corrected chi connectivity index (χ1v) is 13.7. The van der Waals surface area contributed by atoms with Crippen LogP contribution in [0.25, 0.3) is 0 Å². The van der Waals surface area contributed by atoms with Gasteiger partial charge < -0.3 is 4.90 Å². The third-order valence-electron chi connectivity index (χ3n) is 5.25. The molecule has 3 heterocycles. The van der Waals surface area contributed by atoms with Gasteiger partial charge in [0.2, 0.25) is 10.0 Å². The molecule has 0 aliphatic carbocycles. The van der Waals surface area contributed by atoms with Gasteiger partial charge in [-0.3, -0.25) is 4.79 Å². The highest BCUT2D eigenvalue weighted by Crippen LogP contribution is 2.29. The Kier molecular flexibility index (Phi) is 7.13. The Bertz CT molecular complexity index is 1090. The summed E-state index contributed by atoms with van der Waals surface area (Å²) in [6, 6.07) is 12.5. The van der Waals surface area contributed by atoms with Crippen LogP contribution in [0, 0.1) is 0 Å². The Morgan fingerprint density at radius 3 is 2.13 bits per heavy atom. The van der Waals surface area contributed by atoms with E-state index in [4.69, 9.17) is 11.6 Å². The average Bonchev–Trinajstić information content (AvgIpc) is 3.48. The number of rotatable bonds is 7. The van der Waals surface area contributed by atoms with Crippen molar-refractivity contribution in [3.8, 4) is 0 Å². The van der Waals surface area contributed by atoms with Gasteiger partial charge in [0.25, 0.3) is 5.91 Å². The largest absolute Gasteiger partial charge is 0.328 e. The van der Waals surface area contributed by atoms with Gasteiger partial charge >= 0.3 is 0 Å². The summed E-state index contributed by atoms with van der Waals surface area (Å²) >= 11 is 9.47. The fourth-order valence-electron chi connectivity index (χ4n) is 3.64. The molecule has 31 heavy (non-hydrogen) atoms. The molecule has 3 aromatic rings. The summed E-state index contributed by atoms with van der Waals surface area (Å²) in [5.41, 5.74) is 0.327.